The number of hydrogen-bond donors (Lipinski definition) is 1. The molecule has 0 aliphatic carbocycles. The Balaban J connectivity index is 1.89. The molecule has 1 unspecified atom stereocenters. The fraction of sp³-hybridized carbons (Fsp3) is 0.188. The van der Waals surface area contributed by atoms with Gasteiger partial charge < -0.3 is 14.4 Å². The van der Waals surface area contributed by atoms with Crippen LogP contribution < -0.4 is 4.74 Å². The molecule has 2 heterocycles. The zero-order valence-corrected chi connectivity index (χ0v) is 10.7. The molecule has 0 bridgehead atoms. The summed E-state index contributed by atoms with van der Waals surface area (Å²) in [5, 5.41) is 14.4. The van der Waals surface area contributed by atoms with Crippen LogP contribution in [0.15, 0.2) is 47.0 Å². The number of benzene rings is 2. The number of hydrogen-bond acceptors (Lipinski definition) is 4. The molecule has 0 amide bonds. The first-order valence-electron chi connectivity index (χ1n) is 6.61. The Bertz CT molecular complexity index is 764. The van der Waals surface area contributed by atoms with Crippen LogP contribution in [-0.4, -0.2) is 23.0 Å². The largest absolute Gasteiger partial charge is 0.487 e. The van der Waals surface area contributed by atoms with Crippen LogP contribution in [-0.2, 0) is 6.42 Å². The normalized spacial score (nSPS) is 17.1. The van der Waals surface area contributed by atoms with Crippen molar-refractivity contribution in [3.8, 4) is 17.0 Å². The lowest BCUT2D eigenvalue weighted by molar-refractivity contribution is 0.134. The molecule has 1 aliphatic heterocycles. The van der Waals surface area contributed by atoms with Crippen LogP contribution in [0.4, 0.5) is 0 Å². The molecule has 100 valence electrons. The summed E-state index contributed by atoms with van der Waals surface area (Å²) in [5.41, 5.74) is 3.63. The second-order valence-corrected chi connectivity index (χ2v) is 4.94. The summed E-state index contributed by atoms with van der Waals surface area (Å²) in [6.45, 7) is 0.00977. The summed E-state index contributed by atoms with van der Waals surface area (Å²) in [6, 6.07) is 13.9. The van der Waals surface area contributed by atoms with E-state index in [1.54, 1.807) is 0 Å². The summed E-state index contributed by atoms with van der Waals surface area (Å²) in [5.74, 6) is 0.785. The minimum Gasteiger partial charge on any atom is -0.487 e. The Labute approximate surface area is 115 Å². The van der Waals surface area contributed by atoms with E-state index in [2.05, 4.69) is 5.16 Å². The monoisotopic (exact) mass is 267 g/mol. The van der Waals surface area contributed by atoms with Crippen molar-refractivity contribution in [3.05, 3.63) is 48.0 Å². The van der Waals surface area contributed by atoms with Crippen molar-refractivity contribution in [2.45, 2.75) is 12.5 Å². The zero-order chi connectivity index (χ0) is 13.5. The number of fused-ring (bicyclic) bond motifs is 3. The minimum atomic E-state index is -0.180. The van der Waals surface area contributed by atoms with E-state index in [0.717, 1.165) is 33.5 Å². The van der Waals surface area contributed by atoms with E-state index in [-0.39, 0.29) is 12.7 Å². The third kappa shape index (κ3) is 1.62. The molecule has 4 heteroatoms. The molecule has 4 nitrogen and oxygen atoms in total. The number of rotatable bonds is 2. The van der Waals surface area contributed by atoms with Gasteiger partial charge in [0.05, 0.1) is 12.0 Å². The SMILES string of the molecule is OCC1Cc2c(ccc3c(-c4ccccc4)noc23)O1. The van der Waals surface area contributed by atoms with E-state index >= 15 is 0 Å². The maximum Gasteiger partial charge on any atom is 0.174 e. The molecule has 1 aromatic heterocycles. The fourth-order valence-corrected chi connectivity index (χ4v) is 2.70. The number of aromatic nitrogens is 1. The predicted octanol–water partition coefficient (Wildman–Crippen LogP) is 2.79. The van der Waals surface area contributed by atoms with Crippen LogP contribution in [0, 0.1) is 0 Å². The summed E-state index contributed by atoms with van der Waals surface area (Å²) in [7, 11) is 0. The Morgan fingerprint density at radius 2 is 2.00 bits per heavy atom. The molecule has 1 atom stereocenters. The number of nitrogens with zero attached hydrogens (tertiary/aromatic N) is 1. The quantitative estimate of drug-likeness (QED) is 0.775. The predicted molar refractivity (Wildman–Crippen MR) is 74.7 cm³/mol. The van der Waals surface area contributed by atoms with Gasteiger partial charge in [-0.05, 0) is 12.1 Å². The summed E-state index contributed by atoms with van der Waals surface area (Å²) in [6.07, 6.45) is 0.480. The van der Waals surface area contributed by atoms with E-state index in [1.165, 1.54) is 0 Å². The molecule has 0 saturated heterocycles. The van der Waals surface area contributed by atoms with Crippen LogP contribution in [0.25, 0.3) is 22.2 Å². The van der Waals surface area contributed by atoms with Gasteiger partial charge in [-0.1, -0.05) is 35.5 Å². The van der Waals surface area contributed by atoms with E-state index in [9.17, 15) is 5.11 Å². The number of aliphatic hydroxyl groups excluding tert-OH is 1. The smallest absolute Gasteiger partial charge is 0.174 e. The lowest BCUT2D eigenvalue weighted by Crippen LogP contribution is -2.17. The van der Waals surface area contributed by atoms with Gasteiger partial charge in [-0.25, -0.2) is 0 Å². The molecule has 0 saturated carbocycles. The van der Waals surface area contributed by atoms with E-state index in [1.807, 2.05) is 42.5 Å². The summed E-state index contributed by atoms with van der Waals surface area (Å²) in [4.78, 5) is 0. The molecule has 3 aromatic rings. The molecule has 1 N–H and O–H groups in total. The van der Waals surface area contributed by atoms with Gasteiger partial charge >= 0.3 is 0 Å². The highest BCUT2D eigenvalue weighted by atomic mass is 16.5. The van der Waals surface area contributed by atoms with Crippen molar-refractivity contribution in [1.82, 2.24) is 5.16 Å². The van der Waals surface area contributed by atoms with Crippen molar-refractivity contribution in [2.24, 2.45) is 0 Å². The first kappa shape index (κ1) is 11.5. The van der Waals surface area contributed by atoms with Gasteiger partial charge in [-0.3, -0.25) is 0 Å². The molecule has 0 spiro atoms. The van der Waals surface area contributed by atoms with Crippen LogP contribution in [0.3, 0.4) is 0 Å². The fourth-order valence-electron chi connectivity index (χ4n) is 2.70. The molecule has 1 aliphatic rings. The van der Waals surface area contributed by atoms with Crippen molar-refractivity contribution < 1.29 is 14.4 Å². The molecule has 20 heavy (non-hydrogen) atoms. The molecule has 4 rings (SSSR count). The topological polar surface area (TPSA) is 55.5 Å². The highest BCUT2D eigenvalue weighted by molar-refractivity contribution is 5.94. The number of aliphatic hydroxyl groups is 1. The third-order valence-electron chi connectivity index (χ3n) is 3.68. The van der Waals surface area contributed by atoms with Gasteiger partial charge in [0.1, 0.15) is 17.5 Å². The molecule has 0 radical (unpaired) electrons. The van der Waals surface area contributed by atoms with Gasteiger partial charge in [0.2, 0.25) is 0 Å². The van der Waals surface area contributed by atoms with Crippen LogP contribution in [0.1, 0.15) is 5.56 Å². The van der Waals surface area contributed by atoms with Crippen LogP contribution in [0.2, 0.25) is 0 Å². The standard InChI is InChI=1S/C16H13NO3/c18-9-11-8-13-14(19-11)7-6-12-15(17-20-16(12)13)10-4-2-1-3-5-10/h1-7,11,18H,8-9H2. The molecular weight excluding hydrogens is 254 g/mol. The first-order chi connectivity index (χ1) is 9.86. The Morgan fingerprint density at radius 1 is 1.15 bits per heavy atom. The third-order valence-corrected chi connectivity index (χ3v) is 3.68. The minimum absolute atomic E-state index is 0.00977. The molecular formula is C16H13NO3. The second-order valence-electron chi connectivity index (χ2n) is 4.94. The van der Waals surface area contributed by atoms with E-state index in [0.29, 0.717) is 6.42 Å². The maximum atomic E-state index is 9.22. The average Bonchev–Trinajstić information content (AvgIpc) is 3.11. The summed E-state index contributed by atoms with van der Waals surface area (Å²) >= 11 is 0. The van der Waals surface area contributed by atoms with Crippen molar-refractivity contribution in [1.29, 1.82) is 0 Å². The first-order valence-corrected chi connectivity index (χ1v) is 6.61. The Kier molecular flexibility index (Phi) is 2.50. The van der Waals surface area contributed by atoms with Crippen LogP contribution >= 0.6 is 0 Å². The van der Waals surface area contributed by atoms with Crippen molar-refractivity contribution in [2.75, 3.05) is 6.61 Å². The summed E-state index contributed by atoms with van der Waals surface area (Å²) < 4.78 is 11.2. The van der Waals surface area contributed by atoms with Crippen molar-refractivity contribution >= 4 is 11.0 Å². The zero-order valence-electron chi connectivity index (χ0n) is 10.7. The lowest BCUT2D eigenvalue weighted by atomic mass is 10.0. The van der Waals surface area contributed by atoms with E-state index < -0.39 is 0 Å². The second kappa shape index (κ2) is 4.35. The number of ether oxygens (including phenoxy) is 1. The maximum absolute atomic E-state index is 9.22. The Hall–Kier alpha value is -2.33. The highest BCUT2D eigenvalue weighted by Crippen LogP contribution is 2.38. The van der Waals surface area contributed by atoms with Gasteiger partial charge in [-0.2, -0.15) is 0 Å². The van der Waals surface area contributed by atoms with Crippen LogP contribution in [0.5, 0.6) is 5.75 Å². The lowest BCUT2D eigenvalue weighted by Gasteiger charge is -2.04. The van der Waals surface area contributed by atoms with Gasteiger partial charge in [0, 0.05) is 17.5 Å². The molecule has 2 aromatic carbocycles. The van der Waals surface area contributed by atoms with Gasteiger partial charge in [-0.15, -0.1) is 0 Å². The van der Waals surface area contributed by atoms with Gasteiger partial charge in [0.15, 0.2) is 5.58 Å². The van der Waals surface area contributed by atoms with Crippen molar-refractivity contribution in [3.63, 3.8) is 0 Å². The highest BCUT2D eigenvalue weighted by Gasteiger charge is 2.27. The van der Waals surface area contributed by atoms with Gasteiger partial charge in [0.25, 0.3) is 0 Å². The Morgan fingerprint density at radius 3 is 2.80 bits per heavy atom. The molecule has 0 fully saturated rings. The van der Waals surface area contributed by atoms with E-state index in [4.69, 9.17) is 9.26 Å². The average molecular weight is 267 g/mol.